The van der Waals surface area contributed by atoms with Gasteiger partial charge in [-0.1, -0.05) is 11.6 Å². The first-order valence-corrected chi connectivity index (χ1v) is 5.17. The molecule has 0 saturated heterocycles. The third-order valence-corrected chi connectivity index (χ3v) is 2.71. The summed E-state index contributed by atoms with van der Waals surface area (Å²) in [5.41, 5.74) is 0.145. The predicted octanol–water partition coefficient (Wildman–Crippen LogP) is 2.02. The molecule has 6 heteroatoms. The van der Waals surface area contributed by atoms with Crippen molar-refractivity contribution in [1.29, 1.82) is 0 Å². The maximum absolute atomic E-state index is 12.9. The zero-order chi connectivity index (χ0) is 13.2. The van der Waals surface area contributed by atoms with E-state index in [1.807, 2.05) is 0 Å². The summed E-state index contributed by atoms with van der Waals surface area (Å²) in [6.07, 6.45) is 0. The Morgan fingerprint density at radius 1 is 1.47 bits per heavy atom. The summed E-state index contributed by atoms with van der Waals surface area (Å²) in [6.45, 7) is 1.38. The van der Waals surface area contributed by atoms with Crippen molar-refractivity contribution in [3.63, 3.8) is 0 Å². The maximum atomic E-state index is 12.9. The summed E-state index contributed by atoms with van der Waals surface area (Å²) in [4.78, 5) is 23.6. The van der Waals surface area contributed by atoms with Gasteiger partial charge in [-0.3, -0.25) is 4.79 Å². The van der Waals surface area contributed by atoms with E-state index in [0.29, 0.717) is 0 Å². The van der Waals surface area contributed by atoms with Crippen LogP contribution in [0.15, 0.2) is 18.2 Å². The van der Waals surface area contributed by atoms with Crippen molar-refractivity contribution < 1.29 is 19.1 Å². The first-order chi connectivity index (χ1) is 7.84. The molecule has 1 N–H and O–H groups in total. The Morgan fingerprint density at radius 2 is 2.06 bits per heavy atom. The van der Waals surface area contributed by atoms with Gasteiger partial charge in [0.05, 0.1) is 5.02 Å². The van der Waals surface area contributed by atoms with Gasteiger partial charge in [0, 0.05) is 12.6 Å². The van der Waals surface area contributed by atoms with Crippen LogP contribution in [0.3, 0.4) is 0 Å². The van der Waals surface area contributed by atoms with Crippen LogP contribution in [0.5, 0.6) is 0 Å². The van der Waals surface area contributed by atoms with E-state index < -0.39 is 23.7 Å². The van der Waals surface area contributed by atoms with E-state index in [4.69, 9.17) is 16.7 Å². The van der Waals surface area contributed by atoms with Gasteiger partial charge in [0.2, 0.25) is 0 Å². The minimum absolute atomic E-state index is 0.145. The number of amides is 1. The number of halogens is 2. The number of likely N-dealkylation sites (N-methyl/N-ethyl adjacent to an activating group) is 1. The van der Waals surface area contributed by atoms with Gasteiger partial charge >= 0.3 is 5.97 Å². The van der Waals surface area contributed by atoms with E-state index in [-0.39, 0.29) is 10.6 Å². The van der Waals surface area contributed by atoms with Crippen molar-refractivity contribution in [2.75, 3.05) is 7.05 Å². The SMILES string of the molecule is CC(C(=O)O)N(C)C(=O)c1ccc(F)c(Cl)c1. The maximum Gasteiger partial charge on any atom is 0.326 e. The van der Waals surface area contributed by atoms with E-state index in [1.54, 1.807) is 0 Å². The molecule has 1 aromatic carbocycles. The molecule has 17 heavy (non-hydrogen) atoms. The lowest BCUT2D eigenvalue weighted by atomic mass is 10.1. The average molecular weight is 260 g/mol. The van der Waals surface area contributed by atoms with Crippen LogP contribution < -0.4 is 0 Å². The number of hydrogen-bond acceptors (Lipinski definition) is 2. The van der Waals surface area contributed by atoms with Crippen molar-refractivity contribution in [3.8, 4) is 0 Å². The average Bonchev–Trinajstić information content (AvgIpc) is 2.29. The van der Waals surface area contributed by atoms with E-state index in [2.05, 4.69) is 0 Å². The number of aliphatic carboxylic acids is 1. The molecule has 0 fully saturated rings. The van der Waals surface area contributed by atoms with Gasteiger partial charge in [-0.15, -0.1) is 0 Å². The number of carboxylic acid groups (broad SMARTS) is 1. The van der Waals surface area contributed by atoms with Gasteiger partial charge in [-0.25, -0.2) is 9.18 Å². The van der Waals surface area contributed by atoms with Crippen LogP contribution >= 0.6 is 11.6 Å². The first-order valence-electron chi connectivity index (χ1n) is 4.79. The van der Waals surface area contributed by atoms with Crippen molar-refractivity contribution in [3.05, 3.63) is 34.6 Å². The van der Waals surface area contributed by atoms with E-state index in [9.17, 15) is 14.0 Å². The Labute approximate surface area is 103 Å². The molecule has 4 nitrogen and oxygen atoms in total. The number of carbonyl (C=O) groups is 2. The van der Waals surface area contributed by atoms with Crippen molar-refractivity contribution >= 4 is 23.5 Å². The minimum Gasteiger partial charge on any atom is -0.480 e. The molecule has 0 aliphatic carbocycles. The summed E-state index contributed by atoms with van der Waals surface area (Å²) in [5, 5.41) is 8.59. The summed E-state index contributed by atoms with van der Waals surface area (Å²) >= 11 is 5.54. The molecule has 1 aromatic rings. The van der Waals surface area contributed by atoms with Crippen LogP contribution in [-0.4, -0.2) is 35.0 Å². The molecule has 0 aliphatic rings. The van der Waals surface area contributed by atoms with E-state index in [0.717, 1.165) is 11.0 Å². The molecule has 0 aliphatic heterocycles. The molecule has 1 rings (SSSR count). The first kappa shape index (κ1) is 13.4. The van der Waals surface area contributed by atoms with Gasteiger partial charge in [-0.05, 0) is 25.1 Å². The highest BCUT2D eigenvalue weighted by Crippen LogP contribution is 2.17. The monoisotopic (exact) mass is 259 g/mol. The summed E-state index contributed by atoms with van der Waals surface area (Å²) in [6, 6.07) is 2.53. The van der Waals surface area contributed by atoms with Gasteiger partial charge in [-0.2, -0.15) is 0 Å². The van der Waals surface area contributed by atoms with Crippen LogP contribution in [0.2, 0.25) is 5.02 Å². The third-order valence-electron chi connectivity index (χ3n) is 2.43. The fourth-order valence-electron chi connectivity index (χ4n) is 1.17. The van der Waals surface area contributed by atoms with Gasteiger partial charge < -0.3 is 10.0 Å². The number of carbonyl (C=O) groups excluding carboxylic acids is 1. The molecular weight excluding hydrogens is 249 g/mol. The molecule has 0 saturated carbocycles. The van der Waals surface area contributed by atoms with Gasteiger partial charge in [0.25, 0.3) is 5.91 Å². The van der Waals surface area contributed by atoms with E-state index >= 15 is 0 Å². The highest BCUT2D eigenvalue weighted by atomic mass is 35.5. The molecule has 1 atom stereocenters. The highest BCUT2D eigenvalue weighted by Gasteiger charge is 2.23. The fourth-order valence-corrected chi connectivity index (χ4v) is 1.35. The molecular formula is C11H11ClFNO3. The second-order valence-electron chi connectivity index (χ2n) is 3.56. The molecule has 0 bridgehead atoms. The van der Waals surface area contributed by atoms with Crippen molar-refractivity contribution in [2.45, 2.75) is 13.0 Å². The minimum atomic E-state index is -1.12. The molecule has 0 spiro atoms. The summed E-state index contributed by atoms with van der Waals surface area (Å²) < 4.78 is 12.9. The quantitative estimate of drug-likeness (QED) is 0.904. The molecule has 92 valence electrons. The molecule has 0 aromatic heterocycles. The third kappa shape index (κ3) is 2.94. The number of benzene rings is 1. The zero-order valence-electron chi connectivity index (χ0n) is 9.28. The normalized spacial score (nSPS) is 12.0. The van der Waals surface area contributed by atoms with E-state index in [1.165, 1.54) is 26.1 Å². The highest BCUT2D eigenvalue weighted by molar-refractivity contribution is 6.31. The Kier molecular flexibility index (Phi) is 4.07. The smallest absolute Gasteiger partial charge is 0.326 e. The number of nitrogens with zero attached hydrogens (tertiary/aromatic N) is 1. The van der Waals surface area contributed by atoms with Crippen LogP contribution in [0.25, 0.3) is 0 Å². The van der Waals surface area contributed by atoms with Gasteiger partial charge in [0.15, 0.2) is 0 Å². The standard InChI is InChI=1S/C11H11ClFNO3/c1-6(11(16)17)14(2)10(15)7-3-4-9(13)8(12)5-7/h3-6H,1-2H3,(H,16,17). The zero-order valence-corrected chi connectivity index (χ0v) is 10.0. The number of hydrogen-bond donors (Lipinski definition) is 1. The van der Waals surface area contributed by atoms with Gasteiger partial charge in [0.1, 0.15) is 11.9 Å². The Bertz CT molecular complexity index is 464. The second-order valence-corrected chi connectivity index (χ2v) is 3.97. The fraction of sp³-hybridized carbons (Fsp3) is 0.273. The lowest BCUT2D eigenvalue weighted by molar-refractivity contribution is -0.141. The second kappa shape index (κ2) is 5.14. The summed E-state index contributed by atoms with van der Waals surface area (Å²) in [5.74, 6) is -2.27. The van der Waals surface area contributed by atoms with Crippen LogP contribution in [0, 0.1) is 5.82 Å². The number of rotatable bonds is 3. The molecule has 0 heterocycles. The molecule has 0 radical (unpaired) electrons. The van der Waals surface area contributed by atoms with Crippen LogP contribution in [0.4, 0.5) is 4.39 Å². The molecule has 1 unspecified atom stereocenters. The predicted molar refractivity (Wildman–Crippen MR) is 60.6 cm³/mol. The van der Waals surface area contributed by atoms with Crippen LogP contribution in [-0.2, 0) is 4.79 Å². The number of carboxylic acids is 1. The Hall–Kier alpha value is -1.62. The largest absolute Gasteiger partial charge is 0.480 e. The van der Waals surface area contributed by atoms with Crippen molar-refractivity contribution in [2.24, 2.45) is 0 Å². The lowest BCUT2D eigenvalue weighted by Gasteiger charge is -2.21. The summed E-state index contributed by atoms with van der Waals surface area (Å²) in [7, 11) is 1.36. The van der Waals surface area contributed by atoms with Crippen LogP contribution in [0.1, 0.15) is 17.3 Å². The topological polar surface area (TPSA) is 57.6 Å². The Morgan fingerprint density at radius 3 is 2.53 bits per heavy atom. The lowest BCUT2D eigenvalue weighted by Crippen LogP contribution is -2.40. The van der Waals surface area contributed by atoms with Crippen molar-refractivity contribution in [1.82, 2.24) is 4.90 Å². The Balaban J connectivity index is 2.96. The molecule has 1 amide bonds.